The molecule has 0 aliphatic carbocycles. The predicted molar refractivity (Wildman–Crippen MR) is 84.3 cm³/mol. The van der Waals surface area contributed by atoms with Gasteiger partial charge in [0.25, 0.3) is 0 Å². The minimum atomic E-state index is -3.78. The van der Waals surface area contributed by atoms with Gasteiger partial charge in [-0.05, 0) is 31.9 Å². The number of benzene rings is 1. The van der Waals surface area contributed by atoms with E-state index in [1.54, 1.807) is 7.11 Å². The Labute approximate surface area is 135 Å². The fourth-order valence-corrected chi connectivity index (χ4v) is 5.05. The summed E-state index contributed by atoms with van der Waals surface area (Å²) in [4.78, 5) is -0.0890. The third-order valence-electron chi connectivity index (χ3n) is 3.75. The molecule has 1 saturated heterocycles. The van der Waals surface area contributed by atoms with E-state index in [-0.39, 0.29) is 22.2 Å². The number of anilines is 1. The van der Waals surface area contributed by atoms with Gasteiger partial charge in [0.2, 0.25) is 10.0 Å². The normalized spacial score (nSPS) is 24.2. The number of methoxy groups -OCH3 is 1. The van der Waals surface area contributed by atoms with Crippen LogP contribution >= 0.6 is 23.2 Å². The number of piperidine rings is 1. The third-order valence-corrected chi connectivity index (χ3v) is 6.34. The number of ether oxygens (including phenoxy) is 1. The molecule has 0 spiro atoms. The fraction of sp³-hybridized carbons (Fsp3) is 0.538. The van der Waals surface area contributed by atoms with E-state index < -0.39 is 15.6 Å². The Hall–Kier alpha value is -0.530. The van der Waals surface area contributed by atoms with Crippen molar-refractivity contribution in [1.29, 1.82) is 0 Å². The van der Waals surface area contributed by atoms with Crippen molar-refractivity contribution < 1.29 is 13.2 Å². The number of hydrogen-bond acceptors (Lipinski definition) is 4. The van der Waals surface area contributed by atoms with E-state index in [0.717, 1.165) is 6.42 Å². The van der Waals surface area contributed by atoms with Gasteiger partial charge >= 0.3 is 0 Å². The largest absolute Gasteiger partial charge is 0.398 e. The highest BCUT2D eigenvalue weighted by Gasteiger charge is 2.38. The van der Waals surface area contributed by atoms with Crippen molar-refractivity contribution in [3.63, 3.8) is 0 Å². The third kappa shape index (κ3) is 3.29. The van der Waals surface area contributed by atoms with Crippen molar-refractivity contribution >= 4 is 38.9 Å². The van der Waals surface area contributed by atoms with E-state index in [0.29, 0.717) is 18.0 Å². The number of nitrogens with zero attached hydrogens (tertiary/aromatic N) is 1. The fourth-order valence-electron chi connectivity index (χ4n) is 2.51. The summed E-state index contributed by atoms with van der Waals surface area (Å²) in [7, 11) is -2.20. The first kappa shape index (κ1) is 16.8. The van der Waals surface area contributed by atoms with Crippen LogP contribution in [-0.2, 0) is 14.8 Å². The summed E-state index contributed by atoms with van der Waals surface area (Å²) in [6, 6.07) is 2.77. The molecule has 0 bridgehead atoms. The lowest BCUT2D eigenvalue weighted by Crippen LogP contribution is -2.49. The van der Waals surface area contributed by atoms with Gasteiger partial charge in [-0.15, -0.1) is 0 Å². The molecule has 1 aliphatic heterocycles. The molecule has 5 nitrogen and oxygen atoms in total. The molecular formula is C13H18Cl2N2O3S. The number of halogens is 2. The quantitative estimate of drug-likeness (QED) is 0.848. The number of nitrogen functional groups attached to an aromatic ring is 1. The molecule has 118 valence electrons. The molecule has 1 heterocycles. The monoisotopic (exact) mass is 352 g/mol. The molecule has 0 aromatic heterocycles. The summed E-state index contributed by atoms with van der Waals surface area (Å²) in [5.41, 5.74) is 5.36. The van der Waals surface area contributed by atoms with Gasteiger partial charge in [-0.2, -0.15) is 4.31 Å². The van der Waals surface area contributed by atoms with Gasteiger partial charge in [-0.1, -0.05) is 23.2 Å². The van der Waals surface area contributed by atoms with Crippen molar-refractivity contribution in [3.05, 3.63) is 22.2 Å². The number of hydrogen-bond donors (Lipinski definition) is 1. The first-order valence-corrected chi connectivity index (χ1v) is 8.69. The zero-order valence-electron chi connectivity index (χ0n) is 11.9. The molecule has 2 N–H and O–H groups in total. The molecule has 8 heteroatoms. The Morgan fingerprint density at radius 1 is 1.38 bits per heavy atom. The number of rotatable bonds is 3. The van der Waals surface area contributed by atoms with Crippen LogP contribution in [0.5, 0.6) is 0 Å². The van der Waals surface area contributed by atoms with Crippen LogP contribution in [0.25, 0.3) is 0 Å². The van der Waals surface area contributed by atoms with Gasteiger partial charge in [0.05, 0.1) is 16.3 Å². The maximum absolute atomic E-state index is 12.8. The Morgan fingerprint density at radius 2 is 2.05 bits per heavy atom. The van der Waals surface area contributed by atoms with E-state index in [1.807, 2.05) is 6.92 Å². The lowest BCUT2D eigenvalue weighted by Gasteiger charge is -2.38. The van der Waals surface area contributed by atoms with Crippen LogP contribution in [0.4, 0.5) is 5.69 Å². The molecule has 1 atom stereocenters. The van der Waals surface area contributed by atoms with Crippen LogP contribution in [0.3, 0.4) is 0 Å². The average molecular weight is 353 g/mol. The molecule has 2 rings (SSSR count). The summed E-state index contributed by atoms with van der Waals surface area (Å²) in [5, 5.41) is 0.335. The first-order chi connectivity index (χ1) is 9.69. The lowest BCUT2D eigenvalue weighted by atomic mass is 9.96. The topological polar surface area (TPSA) is 72.6 Å². The summed E-state index contributed by atoms with van der Waals surface area (Å²) in [5.74, 6) is 0. The molecule has 21 heavy (non-hydrogen) atoms. The van der Waals surface area contributed by atoms with Crippen LogP contribution < -0.4 is 5.73 Å². The highest BCUT2D eigenvalue weighted by atomic mass is 35.5. The van der Waals surface area contributed by atoms with Crippen LogP contribution in [0.15, 0.2) is 17.0 Å². The second-order valence-corrected chi connectivity index (χ2v) is 8.12. The molecule has 1 fully saturated rings. The molecule has 0 saturated carbocycles. The Kier molecular flexibility index (Phi) is 4.75. The van der Waals surface area contributed by atoms with Crippen LogP contribution in [0.1, 0.15) is 19.8 Å². The first-order valence-electron chi connectivity index (χ1n) is 6.49. The van der Waals surface area contributed by atoms with Crippen molar-refractivity contribution in [2.75, 3.05) is 25.9 Å². The zero-order chi connectivity index (χ0) is 15.8. The van der Waals surface area contributed by atoms with Gasteiger partial charge in [-0.3, -0.25) is 0 Å². The second kappa shape index (κ2) is 5.93. The van der Waals surface area contributed by atoms with Gasteiger partial charge in [-0.25, -0.2) is 8.42 Å². The van der Waals surface area contributed by atoms with Gasteiger partial charge in [0.15, 0.2) is 0 Å². The second-order valence-electron chi connectivity index (χ2n) is 5.40. The lowest BCUT2D eigenvalue weighted by molar-refractivity contribution is -0.0319. The molecule has 1 aliphatic rings. The Morgan fingerprint density at radius 3 is 2.62 bits per heavy atom. The minimum absolute atomic E-state index is 0.0321. The van der Waals surface area contributed by atoms with Crippen LogP contribution in [0, 0.1) is 0 Å². The summed E-state index contributed by atoms with van der Waals surface area (Å²) in [6.45, 7) is 2.57. The van der Waals surface area contributed by atoms with E-state index in [4.69, 9.17) is 33.7 Å². The minimum Gasteiger partial charge on any atom is -0.398 e. The maximum atomic E-state index is 12.8. The summed E-state index contributed by atoms with van der Waals surface area (Å²) >= 11 is 11.9. The van der Waals surface area contributed by atoms with Gasteiger partial charge < -0.3 is 10.5 Å². The Balaban J connectivity index is 2.43. The van der Waals surface area contributed by atoms with E-state index >= 15 is 0 Å². The molecular weight excluding hydrogens is 335 g/mol. The van der Waals surface area contributed by atoms with Crippen molar-refractivity contribution in [2.45, 2.75) is 30.3 Å². The Bertz CT molecular complexity index is 628. The SMILES string of the molecule is COC1(C)CCCN(S(=O)(=O)c2c(N)cc(Cl)cc2Cl)C1. The smallest absolute Gasteiger partial charge is 0.246 e. The van der Waals surface area contributed by atoms with Gasteiger partial charge in [0.1, 0.15) is 4.90 Å². The molecule has 1 aromatic carbocycles. The molecule has 1 aromatic rings. The van der Waals surface area contributed by atoms with Crippen molar-refractivity contribution in [2.24, 2.45) is 0 Å². The molecule has 1 unspecified atom stereocenters. The van der Waals surface area contributed by atoms with E-state index in [1.165, 1.54) is 16.4 Å². The van der Waals surface area contributed by atoms with Crippen LogP contribution in [0.2, 0.25) is 10.0 Å². The highest BCUT2D eigenvalue weighted by Crippen LogP contribution is 2.35. The van der Waals surface area contributed by atoms with E-state index in [2.05, 4.69) is 0 Å². The highest BCUT2D eigenvalue weighted by molar-refractivity contribution is 7.89. The summed E-state index contributed by atoms with van der Waals surface area (Å²) < 4.78 is 32.4. The standard InChI is InChI=1S/C13H18Cl2N2O3S/c1-13(20-2)4-3-5-17(8-13)21(18,19)12-10(15)6-9(14)7-11(12)16/h6-7H,3-5,8,16H2,1-2H3. The summed E-state index contributed by atoms with van der Waals surface area (Å²) in [6.07, 6.45) is 1.52. The number of sulfonamides is 1. The van der Waals surface area contributed by atoms with E-state index in [9.17, 15) is 8.42 Å². The van der Waals surface area contributed by atoms with Gasteiger partial charge in [0, 0.05) is 25.2 Å². The predicted octanol–water partition coefficient (Wildman–Crippen LogP) is 2.77. The molecule has 0 radical (unpaired) electrons. The average Bonchev–Trinajstić information content (AvgIpc) is 2.37. The number of nitrogens with two attached hydrogens (primary N) is 1. The maximum Gasteiger partial charge on any atom is 0.246 e. The van der Waals surface area contributed by atoms with Crippen molar-refractivity contribution in [3.8, 4) is 0 Å². The van der Waals surface area contributed by atoms with Crippen molar-refractivity contribution in [1.82, 2.24) is 4.31 Å². The zero-order valence-corrected chi connectivity index (χ0v) is 14.2. The van der Waals surface area contributed by atoms with Crippen LogP contribution in [-0.4, -0.2) is 38.5 Å². The molecule has 0 amide bonds.